The van der Waals surface area contributed by atoms with E-state index in [1.54, 1.807) is 6.92 Å². The Balaban J connectivity index is 2.13. The molecule has 2 rings (SSSR count). The molecule has 0 saturated heterocycles. The topological polar surface area (TPSA) is 50.4 Å². The highest BCUT2D eigenvalue weighted by Crippen LogP contribution is 2.33. The van der Waals surface area contributed by atoms with E-state index in [0.29, 0.717) is 22.3 Å². The fourth-order valence-electron chi connectivity index (χ4n) is 2.25. The van der Waals surface area contributed by atoms with Gasteiger partial charge >= 0.3 is 5.97 Å². The van der Waals surface area contributed by atoms with Gasteiger partial charge in [0.05, 0.1) is 12.2 Å². The number of ether oxygens (including phenoxy) is 1. The van der Waals surface area contributed by atoms with Crippen LogP contribution in [-0.2, 0) is 11.2 Å². The maximum Gasteiger partial charge on any atom is 0.341 e. The van der Waals surface area contributed by atoms with Crippen LogP contribution in [-0.4, -0.2) is 17.7 Å². The van der Waals surface area contributed by atoms with Crippen molar-refractivity contribution < 1.29 is 9.53 Å². The molecule has 0 unspecified atom stereocenters. The van der Waals surface area contributed by atoms with E-state index in [-0.39, 0.29) is 5.97 Å². The van der Waals surface area contributed by atoms with Crippen molar-refractivity contribution in [3.8, 4) is 0 Å². The number of rotatable bonds is 5. The summed E-state index contributed by atoms with van der Waals surface area (Å²) in [4.78, 5) is 13.3. The van der Waals surface area contributed by atoms with E-state index in [4.69, 9.17) is 17.0 Å². The van der Waals surface area contributed by atoms with Gasteiger partial charge in [0.2, 0.25) is 0 Å². The number of esters is 1. The first-order valence-electron chi connectivity index (χ1n) is 7.90. The molecule has 0 saturated carbocycles. The molecule has 0 radical (unpaired) electrons. The molecule has 0 aliphatic carbocycles. The molecule has 0 aliphatic rings. The molecule has 1 aromatic carbocycles. The van der Waals surface area contributed by atoms with Crippen LogP contribution >= 0.6 is 23.6 Å². The van der Waals surface area contributed by atoms with Crippen molar-refractivity contribution in [2.75, 3.05) is 17.2 Å². The molecule has 128 valence electrons. The fourth-order valence-corrected chi connectivity index (χ4v) is 3.59. The highest BCUT2D eigenvalue weighted by Gasteiger charge is 2.21. The van der Waals surface area contributed by atoms with Gasteiger partial charge in [-0.05, 0) is 62.7 Å². The molecular formula is C18H22N2O2S2. The average Bonchev–Trinajstić information content (AvgIpc) is 2.82. The smallest absolute Gasteiger partial charge is 0.341 e. The lowest BCUT2D eigenvalue weighted by Crippen LogP contribution is -2.20. The van der Waals surface area contributed by atoms with Crippen molar-refractivity contribution >= 4 is 45.3 Å². The number of benzene rings is 1. The van der Waals surface area contributed by atoms with Crippen LogP contribution in [0.3, 0.4) is 0 Å². The monoisotopic (exact) mass is 362 g/mol. The molecular weight excluding hydrogens is 340 g/mol. The summed E-state index contributed by atoms with van der Waals surface area (Å²) in [6, 6.07) is 8.11. The molecule has 0 bridgehead atoms. The lowest BCUT2D eigenvalue weighted by Gasteiger charge is -2.11. The Morgan fingerprint density at radius 1 is 1.17 bits per heavy atom. The molecule has 0 amide bonds. The van der Waals surface area contributed by atoms with Gasteiger partial charge in [-0.3, -0.25) is 0 Å². The molecule has 0 spiro atoms. The summed E-state index contributed by atoms with van der Waals surface area (Å²) < 4.78 is 5.15. The van der Waals surface area contributed by atoms with Crippen LogP contribution < -0.4 is 10.6 Å². The van der Waals surface area contributed by atoms with E-state index in [0.717, 1.165) is 22.5 Å². The zero-order chi connectivity index (χ0) is 17.7. The van der Waals surface area contributed by atoms with Gasteiger partial charge in [-0.1, -0.05) is 19.1 Å². The SMILES string of the molecule is CCOC(=O)c1c(NC(=S)Nc2ccc(CC)cc2)sc(C)c1C. The third-order valence-electron chi connectivity index (χ3n) is 3.71. The van der Waals surface area contributed by atoms with Crippen LogP contribution in [0.2, 0.25) is 0 Å². The molecule has 1 heterocycles. The van der Waals surface area contributed by atoms with E-state index >= 15 is 0 Å². The fraction of sp³-hybridized carbons (Fsp3) is 0.333. The van der Waals surface area contributed by atoms with Gasteiger partial charge < -0.3 is 15.4 Å². The quantitative estimate of drug-likeness (QED) is 0.584. The Kier molecular flexibility index (Phi) is 6.34. The zero-order valence-electron chi connectivity index (χ0n) is 14.4. The van der Waals surface area contributed by atoms with Crippen molar-refractivity contribution in [2.24, 2.45) is 0 Å². The van der Waals surface area contributed by atoms with E-state index in [1.807, 2.05) is 26.0 Å². The third-order valence-corrected chi connectivity index (χ3v) is 5.04. The highest BCUT2D eigenvalue weighted by atomic mass is 32.1. The van der Waals surface area contributed by atoms with Crippen molar-refractivity contribution in [1.82, 2.24) is 0 Å². The number of hydrogen-bond acceptors (Lipinski definition) is 4. The van der Waals surface area contributed by atoms with Gasteiger partial charge in [0, 0.05) is 10.6 Å². The van der Waals surface area contributed by atoms with Crippen molar-refractivity contribution in [1.29, 1.82) is 0 Å². The summed E-state index contributed by atoms with van der Waals surface area (Å²) in [5.74, 6) is -0.322. The lowest BCUT2D eigenvalue weighted by atomic mass is 10.1. The van der Waals surface area contributed by atoms with E-state index in [9.17, 15) is 4.79 Å². The van der Waals surface area contributed by atoms with Gasteiger partial charge in [-0.15, -0.1) is 11.3 Å². The Bertz CT molecular complexity index is 736. The summed E-state index contributed by atoms with van der Waals surface area (Å²) >= 11 is 6.88. The standard InChI is InChI=1S/C18H22N2O2S2/c1-5-13-7-9-14(10-8-13)19-18(23)20-16-15(17(21)22-6-2)11(3)12(4)24-16/h7-10H,5-6H2,1-4H3,(H2,19,20,23). The number of thiophene rings is 1. The summed E-state index contributed by atoms with van der Waals surface area (Å²) in [7, 11) is 0. The third kappa shape index (κ3) is 4.33. The van der Waals surface area contributed by atoms with Gasteiger partial charge in [0.25, 0.3) is 0 Å². The Labute approximate surface area is 152 Å². The largest absolute Gasteiger partial charge is 0.462 e. The molecule has 0 fully saturated rings. The molecule has 6 heteroatoms. The molecule has 0 aliphatic heterocycles. The van der Waals surface area contributed by atoms with Gasteiger partial charge in [-0.2, -0.15) is 0 Å². The average molecular weight is 363 g/mol. The summed E-state index contributed by atoms with van der Waals surface area (Å²) in [5, 5.41) is 7.43. The maximum absolute atomic E-state index is 12.2. The number of hydrogen-bond donors (Lipinski definition) is 2. The zero-order valence-corrected chi connectivity index (χ0v) is 16.0. The first-order chi connectivity index (χ1) is 11.5. The van der Waals surface area contributed by atoms with Crippen molar-refractivity contribution in [3.63, 3.8) is 0 Å². The van der Waals surface area contributed by atoms with Crippen LogP contribution in [0, 0.1) is 13.8 Å². The van der Waals surface area contributed by atoms with E-state index in [2.05, 4.69) is 29.7 Å². The second-order valence-corrected chi connectivity index (χ2v) is 6.97. The number of thiocarbonyl (C=S) groups is 1. The van der Waals surface area contributed by atoms with Crippen LogP contribution in [0.5, 0.6) is 0 Å². The lowest BCUT2D eigenvalue weighted by molar-refractivity contribution is 0.0527. The van der Waals surface area contributed by atoms with E-state index < -0.39 is 0 Å². The Morgan fingerprint density at radius 3 is 2.42 bits per heavy atom. The second kappa shape index (κ2) is 8.26. The Hall–Kier alpha value is -1.92. The van der Waals surface area contributed by atoms with Gasteiger partial charge in [0.1, 0.15) is 5.00 Å². The highest BCUT2D eigenvalue weighted by molar-refractivity contribution is 7.80. The predicted octanol–water partition coefficient (Wildman–Crippen LogP) is 4.91. The first-order valence-corrected chi connectivity index (χ1v) is 9.12. The van der Waals surface area contributed by atoms with Crippen LogP contribution in [0.4, 0.5) is 10.7 Å². The number of anilines is 2. The molecule has 2 N–H and O–H groups in total. The van der Waals surface area contributed by atoms with Crippen LogP contribution in [0.15, 0.2) is 24.3 Å². The van der Waals surface area contributed by atoms with Gasteiger partial charge in [0.15, 0.2) is 5.11 Å². The first kappa shape index (κ1) is 18.4. The number of carbonyl (C=O) groups excluding carboxylic acids is 1. The van der Waals surface area contributed by atoms with Crippen molar-refractivity contribution in [2.45, 2.75) is 34.1 Å². The minimum atomic E-state index is -0.322. The normalized spacial score (nSPS) is 10.3. The number of carbonyl (C=O) groups is 1. The minimum Gasteiger partial charge on any atom is -0.462 e. The summed E-state index contributed by atoms with van der Waals surface area (Å²) in [5.41, 5.74) is 3.67. The van der Waals surface area contributed by atoms with Gasteiger partial charge in [-0.25, -0.2) is 4.79 Å². The summed E-state index contributed by atoms with van der Waals surface area (Å²) in [6.07, 6.45) is 1.000. The summed E-state index contributed by atoms with van der Waals surface area (Å²) in [6.45, 7) is 8.16. The maximum atomic E-state index is 12.2. The van der Waals surface area contributed by atoms with Crippen LogP contribution in [0.1, 0.15) is 40.2 Å². The minimum absolute atomic E-state index is 0.322. The Morgan fingerprint density at radius 2 is 1.83 bits per heavy atom. The molecule has 4 nitrogen and oxygen atoms in total. The molecule has 2 aromatic rings. The van der Waals surface area contributed by atoms with Crippen molar-refractivity contribution in [3.05, 3.63) is 45.8 Å². The molecule has 0 atom stereocenters. The predicted molar refractivity (Wildman–Crippen MR) is 105 cm³/mol. The molecule has 1 aromatic heterocycles. The number of nitrogens with one attached hydrogen (secondary N) is 2. The van der Waals surface area contributed by atoms with Crippen LogP contribution in [0.25, 0.3) is 0 Å². The second-order valence-electron chi connectivity index (χ2n) is 5.34. The number of aryl methyl sites for hydroxylation is 2. The molecule has 24 heavy (non-hydrogen) atoms. The van der Waals surface area contributed by atoms with E-state index in [1.165, 1.54) is 16.9 Å².